The van der Waals surface area contributed by atoms with E-state index in [0.29, 0.717) is 44.2 Å². The molecule has 1 aromatic rings. The normalized spacial score (nSPS) is 25.8. The van der Waals surface area contributed by atoms with Gasteiger partial charge in [-0.05, 0) is 38.0 Å². The van der Waals surface area contributed by atoms with E-state index in [2.05, 4.69) is 15.1 Å². The maximum Gasteiger partial charge on any atom is 0.297 e. The molecule has 0 radical (unpaired) electrons. The van der Waals surface area contributed by atoms with Crippen LogP contribution in [0.5, 0.6) is 0 Å². The van der Waals surface area contributed by atoms with Crippen LogP contribution in [0, 0.1) is 24.7 Å². The van der Waals surface area contributed by atoms with E-state index in [0.717, 1.165) is 76.7 Å². The topological polar surface area (TPSA) is 89.3 Å². The van der Waals surface area contributed by atoms with Crippen LogP contribution in [0.1, 0.15) is 30.7 Å². The highest BCUT2D eigenvalue weighted by molar-refractivity contribution is 5.79. The number of nitrogens with zero attached hydrogens (tertiary/aromatic N) is 3. The van der Waals surface area contributed by atoms with Gasteiger partial charge in [0.15, 0.2) is 0 Å². The number of morpholine rings is 1. The van der Waals surface area contributed by atoms with Crippen molar-refractivity contribution < 1.29 is 23.4 Å². The molecule has 0 bridgehead atoms. The zero-order chi connectivity index (χ0) is 22.3. The SMILES string of the molecule is COC[C@H]1C[C@@H](C(=O)NCC2CCOCC2)CN(Cc2nc(N3CCOCC3)oc2C)C1. The number of carbonyl (C=O) groups is 1. The maximum atomic E-state index is 13.0. The van der Waals surface area contributed by atoms with Crippen molar-refractivity contribution >= 4 is 11.9 Å². The molecule has 0 unspecified atom stereocenters. The van der Waals surface area contributed by atoms with E-state index in [1.807, 2.05) is 6.92 Å². The van der Waals surface area contributed by atoms with Crippen LogP contribution in [-0.4, -0.2) is 88.7 Å². The van der Waals surface area contributed by atoms with Crippen LogP contribution < -0.4 is 10.2 Å². The van der Waals surface area contributed by atoms with Crippen molar-refractivity contribution in [1.82, 2.24) is 15.2 Å². The number of rotatable bonds is 8. The number of ether oxygens (including phenoxy) is 3. The van der Waals surface area contributed by atoms with Crippen LogP contribution >= 0.6 is 0 Å². The standard InChI is InChI=1S/C23H38N4O5/c1-17-21(25-23(32-17)27-5-9-31-10-6-27)15-26-13-19(16-29-2)11-20(14-26)22(28)24-12-18-3-7-30-8-4-18/h18-20H,3-16H2,1-2H3,(H,24,28)/t19-,20+/m0/s1. The molecular formula is C23H38N4O5. The Morgan fingerprint density at radius 1 is 1.12 bits per heavy atom. The van der Waals surface area contributed by atoms with Gasteiger partial charge in [0.2, 0.25) is 5.91 Å². The van der Waals surface area contributed by atoms with E-state index < -0.39 is 0 Å². The summed E-state index contributed by atoms with van der Waals surface area (Å²) in [6.07, 6.45) is 2.92. The van der Waals surface area contributed by atoms with Gasteiger partial charge in [-0.15, -0.1) is 0 Å². The van der Waals surface area contributed by atoms with Crippen LogP contribution in [-0.2, 0) is 25.5 Å². The molecule has 1 N–H and O–H groups in total. The number of hydrogen-bond acceptors (Lipinski definition) is 8. The number of amides is 1. The first-order valence-corrected chi connectivity index (χ1v) is 12.0. The Morgan fingerprint density at radius 2 is 1.88 bits per heavy atom. The third-order valence-electron chi connectivity index (χ3n) is 6.83. The van der Waals surface area contributed by atoms with Gasteiger partial charge in [0, 0.05) is 59.6 Å². The molecule has 0 aromatic carbocycles. The molecule has 1 aromatic heterocycles. The number of aryl methyl sites for hydroxylation is 1. The quantitative estimate of drug-likeness (QED) is 0.637. The molecule has 9 heteroatoms. The number of piperidine rings is 1. The van der Waals surface area contributed by atoms with Gasteiger partial charge < -0.3 is 28.8 Å². The van der Waals surface area contributed by atoms with E-state index in [1.165, 1.54) is 0 Å². The largest absolute Gasteiger partial charge is 0.429 e. The number of hydrogen-bond donors (Lipinski definition) is 1. The van der Waals surface area contributed by atoms with Gasteiger partial charge in [-0.25, -0.2) is 0 Å². The summed E-state index contributed by atoms with van der Waals surface area (Å²) < 4.78 is 22.3. The van der Waals surface area contributed by atoms with Crippen molar-refractivity contribution in [2.45, 2.75) is 32.7 Å². The molecule has 3 saturated heterocycles. The Hall–Kier alpha value is -1.68. The van der Waals surface area contributed by atoms with Crippen LogP contribution in [0.2, 0.25) is 0 Å². The second-order valence-electron chi connectivity index (χ2n) is 9.35. The fraction of sp³-hybridized carbons (Fsp3) is 0.826. The number of methoxy groups -OCH3 is 1. The monoisotopic (exact) mass is 450 g/mol. The lowest BCUT2D eigenvalue weighted by Crippen LogP contribution is -2.48. The van der Waals surface area contributed by atoms with Crippen molar-refractivity contribution in [3.05, 3.63) is 11.5 Å². The molecule has 0 spiro atoms. The first-order valence-electron chi connectivity index (χ1n) is 12.0. The van der Waals surface area contributed by atoms with Gasteiger partial charge in [-0.3, -0.25) is 9.69 Å². The highest BCUT2D eigenvalue weighted by atomic mass is 16.5. The van der Waals surface area contributed by atoms with Gasteiger partial charge in [-0.1, -0.05) is 0 Å². The van der Waals surface area contributed by atoms with Crippen LogP contribution in [0.15, 0.2) is 4.42 Å². The van der Waals surface area contributed by atoms with E-state index in [-0.39, 0.29) is 11.8 Å². The summed E-state index contributed by atoms with van der Waals surface area (Å²) in [4.78, 5) is 22.3. The van der Waals surface area contributed by atoms with E-state index in [9.17, 15) is 4.79 Å². The Morgan fingerprint density at radius 3 is 2.62 bits per heavy atom. The second-order valence-corrected chi connectivity index (χ2v) is 9.35. The first-order chi connectivity index (χ1) is 15.6. The fourth-order valence-corrected chi connectivity index (χ4v) is 4.98. The van der Waals surface area contributed by atoms with Crippen molar-refractivity contribution in [1.29, 1.82) is 0 Å². The van der Waals surface area contributed by atoms with Crippen molar-refractivity contribution in [3.8, 4) is 0 Å². The summed E-state index contributed by atoms with van der Waals surface area (Å²) in [5.74, 6) is 1.83. The Labute approximate surface area is 190 Å². The lowest BCUT2D eigenvalue weighted by molar-refractivity contribution is -0.128. The van der Waals surface area contributed by atoms with Crippen molar-refractivity contribution in [2.24, 2.45) is 17.8 Å². The highest BCUT2D eigenvalue weighted by Gasteiger charge is 2.33. The summed E-state index contributed by atoms with van der Waals surface area (Å²) in [7, 11) is 1.73. The number of likely N-dealkylation sites (tertiary alicyclic amines) is 1. The van der Waals surface area contributed by atoms with Crippen LogP contribution in [0.4, 0.5) is 6.01 Å². The molecule has 0 saturated carbocycles. The number of nitrogens with one attached hydrogen (secondary N) is 1. The number of oxazole rings is 1. The van der Waals surface area contributed by atoms with Gasteiger partial charge in [0.25, 0.3) is 6.01 Å². The minimum absolute atomic E-state index is 0.0327. The Kier molecular flexibility index (Phi) is 8.40. The van der Waals surface area contributed by atoms with Crippen LogP contribution in [0.25, 0.3) is 0 Å². The summed E-state index contributed by atoms with van der Waals surface area (Å²) in [6.45, 7) is 10.3. The van der Waals surface area contributed by atoms with E-state index in [1.54, 1.807) is 7.11 Å². The minimum atomic E-state index is -0.0327. The second kappa shape index (κ2) is 11.4. The maximum absolute atomic E-state index is 13.0. The third kappa shape index (κ3) is 6.21. The zero-order valence-corrected chi connectivity index (χ0v) is 19.5. The van der Waals surface area contributed by atoms with Gasteiger partial charge in [-0.2, -0.15) is 4.98 Å². The molecule has 0 aliphatic carbocycles. The smallest absolute Gasteiger partial charge is 0.297 e. The molecule has 180 valence electrons. The van der Waals surface area contributed by atoms with Gasteiger partial charge in [0.05, 0.1) is 31.4 Å². The average Bonchev–Trinajstić information content (AvgIpc) is 3.19. The van der Waals surface area contributed by atoms with Gasteiger partial charge >= 0.3 is 0 Å². The number of anilines is 1. The van der Waals surface area contributed by atoms with Crippen molar-refractivity contribution in [3.63, 3.8) is 0 Å². The lowest BCUT2D eigenvalue weighted by Gasteiger charge is -2.37. The predicted molar refractivity (Wildman–Crippen MR) is 120 cm³/mol. The molecule has 32 heavy (non-hydrogen) atoms. The lowest BCUT2D eigenvalue weighted by atomic mass is 9.88. The van der Waals surface area contributed by atoms with E-state index >= 15 is 0 Å². The molecule has 4 heterocycles. The molecule has 3 aliphatic heterocycles. The van der Waals surface area contributed by atoms with Gasteiger partial charge in [0.1, 0.15) is 5.76 Å². The molecular weight excluding hydrogens is 412 g/mol. The Bertz CT molecular complexity index is 730. The minimum Gasteiger partial charge on any atom is -0.429 e. The summed E-state index contributed by atoms with van der Waals surface area (Å²) >= 11 is 0. The highest BCUT2D eigenvalue weighted by Crippen LogP contribution is 2.26. The molecule has 3 fully saturated rings. The molecule has 4 rings (SSSR count). The van der Waals surface area contributed by atoms with E-state index in [4.69, 9.17) is 23.6 Å². The Balaban J connectivity index is 1.36. The third-order valence-corrected chi connectivity index (χ3v) is 6.83. The number of carbonyl (C=O) groups excluding carboxylic acids is 1. The predicted octanol–water partition coefficient (Wildman–Crippen LogP) is 1.45. The average molecular weight is 451 g/mol. The first kappa shape index (κ1) is 23.5. The molecule has 9 nitrogen and oxygen atoms in total. The molecule has 2 atom stereocenters. The van der Waals surface area contributed by atoms with Crippen molar-refractivity contribution in [2.75, 3.05) is 77.8 Å². The fourth-order valence-electron chi connectivity index (χ4n) is 4.98. The number of aromatic nitrogens is 1. The summed E-state index contributed by atoms with van der Waals surface area (Å²) in [5, 5.41) is 3.21. The zero-order valence-electron chi connectivity index (χ0n) is 19.5. The summed E-state index contributed by atoms with van der Waals surface area (Å²) in [6, 6.07) is 0.678. The summed E-state index contributed by atoms with van der Waals surface area (Å²) in [5.41, 5.74) is 0.950. The van der Waals surface area contributed by atoms with Crippen LogP contribution in [0.3, 0.4) is 0 Å². The molecule has 1 amide bonds. The molecule has 3 aliphatic rings.